The Balaban J connectivity index is 1.36. The maximum Gasteiger partial charge on any atom is 0.417 e. The Bertz CT molecular complexity index is 1060. The van der Waals surface area contributed by atoms with Gasteiger partial charge in [-0.05, 0) is 36.8 Å². The Morgan fingerprint density at radius 2 is 2.13 bits per heavy atom. The molecule has 5 atom stereocenters. The van der Waals surface area contributed by atoms with E-state index in [1.54, 1.807) is 12.0 Å². The van der Waals surface area contributed by atoms with Crippen molar-refractivity contribution in [1.82, 2.24) is 20.1 Å². The monoisotopic (exact) mass is 540 g/mol. The fraction of sp³-hybridized carbons (Fsp3) is 0.731. The van der Waals surface area contributed by atoms with Crippen LogP contribution in [0.3, 0.4) is 0 Å². The first-order valence-corrected chi connectivity index (χ1v) is 13.1. The predicted octanol–water partition coefficient (Wildman–Crippen LogP) is 1.63. The third-order valence-corrected chi connectivity index (χ3v) is 8.66. The van der Waals surface area contributed by atoms with Crippen molar-refractivity contribution in [2.75, 3.05) is 53.6 Å². The fourth-order valence-electron chi connectivity index (χ4n) is 6.81. The second-order valence-electron chi connectivity index (χ2n) is 11.0. The number of nitrogens with one attached hydrogen (secondary N) is 1. The van der Waals surface area contributed by atoms with Gasteiger partial charge >= 0.3 is 12.1 Å². The zero-order valence-electron chi connectivity index (χ0n) is 21.8. The third-order valence-electron chi connectivity index (χ3n) is 8.66. The van der Waals surface area contributed by atoms with E-state index in [0.29, 0.717) is 56.9 Å². The number of fused-ring (bicyclic) bond motifs is 2. The number of esters is 1. The van der Waals surface area contributed by atoms with Crippen molar-refractivity contribution in [3.05, 3.63) is 29.1 Å². The molecule has 210 valence electrons. The Morgan fingerprint density at radius 1 is 1.32 bits per heavy atom. The van der Waals surface area contributed by atoms with Gasteiger partial charge in [-0.25, -0.2) is 0 Å². The maximum absolute atomic E-state index is 14.2. The molecule has 4 heterocycles. The molecule has 0 radical (unpaired) electrons. The van der Waals surface area contributed by atoms with Gasteiger partial charge in [0.15, 0.2) is 0 Å². The van der Waals surface area contributed by atoms with E-state index in [9.17, 15) is 22.8 Å². The molecule has 2 saturated heterocycles. The molecule has 0 spiro atoms. The van der Waals surface area contributed by atoms with Crippen molar-refractivity contribution in [2.45, 2.75) is 56.6 Å². The standard InChI is InChI=1S/C26H35F3N4O5/c1-36-22-14-38-6-4-21(22)31-19-8-18-12-32(13-23(34)37-2)15-25(18,9-19)24(35)33-5-3-20-16(11-33)7-17(10-30-20)26(27,28)29/h7,10,18-19,21-22,31H,3-6,8-9,11-15H2,1-2H3. The van der Waals surface area contributed by atoms with Crippen LogP contribution in [0.5, 0.6) is 0 Å². The number of hydrogen-bond acceptors (Lipinski definition) is 8. The number of nitrogens with zero attached hydrogens (tertiary/aromatic N) is 3. The van der Waals surface area contributed by atoms with Crippen LogP contribution in [0, 0.1) is 11.3 Å². The van der Waals surface area contributed by atoms with Crippen LogP contribution in [0.2, 0.25) is 0 Å². The molecule has 38 heavy (non-hydrogen) atoms. The number of ether oxygens (including phenoxy) is 3. The summed E-state index contributed by atoms with van der Waals surface area (Å²) in [6.07, 6.45) is -1.12. The summed E-state index contributed by atoms with van der Waals surface area (Å²) < 4.78 is 55.9. The van der Waals surface area contributed by atoms with Crippen molar-refractivity contribution < 1.29 is 37.0 Å². The molecule has 1 aliphatic carbocycles. The van der Waals surface area contributed by atoms with Gasteiger partial charge in [0, 0.05) is 70.3 Å². The van der Waals surface area contributed by atoms with Crippen LogP contribution in [-0.4, -0.2) is 98.5 Å². The van der Waals surface area contributed by atoms with Gasteiger partial charge in [-0.15, -0.1) is 0 Å². The number of likely N-dealkylation sites (tertiary alicyclic amines) is 1. The average Bonchev–Trinajstić information content (AvgIpc) is 3.41. The summed E-state index contributed by atoms with van der Waals surface area (Å²) in [6, 6.07) is 1.31. The van der Waals surface area contributed by atoms with Crippen LogP contribution in [0.15, 0.2) is 12.3 Å². The smallest absolute Gasteiger partial charge is 0.417 e. The van der Waals surface area contributed by atoms with Gasteiger partial charge in [-0.1, -0.05) is 0 Å². The highest BCUT2D eigenvalue weighted by molar-refractivity contribution is 5.85. The summed E-state index contributed by atoms with van der Waals surface area (Å²) in [4.78, 5) is 33.9. The lowest BCUT2D eigenvalue weighted by molar-refractivity contribution is -0.145. The molecule has 1 aromatic heterocycles. The molecule has 9 nitrogen and oxygen atoms in total. The molecule has 1 saturated carbocycles. The summed E-state index contributed by atoms with van der Waals surface area (Å²) in [5, 5.41) is 3.72. The molecule has 5 unspecified atom stereocenters. The number of methoxy groups -OCH3 is 2. The number of amides is 1. The molecule has 0 bridgehead atoms. The van der Waals surface area contributed by atoms with Crippen LogP contribution >= 0.6 is 0 Å². The lowest BCUT2D eigenvalue weighted by Gasteiger charge is -2.38. The highest BCUT2D eigenvalue weighted by Gasteiger charge is 2.59. The summed E-state index contributed by atoms with van der Waals surface area (Å²) in [5.41, 5.74) is -0.493. The second-order valence-corrected chi connectivity index (χ2v) is 11.0. The van der Waals surface area contributed by atoms with E-state index < -0.39 is 17.2 Å². The lowest BCUT2D eigenvalue weighted by Crippen LogP contribution is -2.52. The third kappa shape index (κ3) is 5.28. The largest absolute Gasteiger partial charge is 0.468 e. The van der Waals surface area contributed by atoms with Crippen molar-refractivity contribution in [3.63, 3.8) is 0 Å². The summed E-state index contributed by atoms with van der Waals surface area (Å²) in [5.74, 6) is -0.401. The van der Waals surface area contributed by atoms with Gasteiger partial charge in [-0.2, -0.15) is 13.2 Å². The SMILES string of the molecule is COC(=O)CN1CC2CC(NC3CCOCC3OC)CC2(C(=O)N2CCc3ncc(C(F)(F)F)cc3C2)C1. The summed E-state index contributed by atoms with van der Waals surface area (Å²) in [7, 11) is 3.01. The molecular weight excluding hydrogens is 505 g/mol. The van der Waals surface area contributed by atoms with Crippen LogP contribution in [0.25, 0.3) is 0 Å². The normalized spacial score (nSPS) is 31.7. The molecule has 1 N–H and O–H groups in total. The van der Waals surface area contributed by atoms with Crippen molar-refractivity contribution in [3.8, 4) is 0 Å². The minimum atomic E-state index is -4.49. The number of halogens is 3. The molecule has 1 amide bonds. The Hall–Kier alpha value is -2.28. The molecule has 3 aliphatic heterocycles. The Kier molecular flexibility index (Phi) is 7.69. The van der Waals surface area contributed by atoms with Crippen LogP contribution < -0.4 is 5.32 Å². The van der Waals surface area contributed by atoms with E-state index in [1.165, 1.54) is 7.11 Å². The number of carbonyl (C=O) groups is 2. The minimum Gasteiger partial charge on any atom is -0.468 e. The van der Waals surface area contributed by atoms with E-state index in [4.69, 9.17) is 14.2 Å². The molecular formula is C26H35F3N4O5. The zero-order valence-corrected chi connectivity index (χ0v) is 21.8. The molecule has 4 aliphatic rings. The number of alkyl halides is 3. The lowest BCUT2D eigenvalue weighted by atomic mass is 9.78. The number of pyridine rings is 1. The Labute approximate surface area is 220 Å². The number of rotatable bonds is 6. The maximum atomic E-state index is 14.2. The van der Waals surface area contributed by atoms with Gasteiger partial charge in [0.2, 0.25) is 5.91 Å². The summed E-state index contributed by atoms with van der Waals surface area (Å²) >= 11 is 0. The summed E-state index contributed by atoms with van der Waals surface area (Å²) in [6.45, 7) is 2.77. The van der Waals surface area contributed by atoms with E-state index >= 15 is 0 Å². The quantitative estimate of drug-likeness (QED) is 0.545. The van der Waals surface area contributed by atoms with Crippen molar-refractivity contribution >= 4 is 11.9 Å². The number of aromatic nitrogens is 1. The van der Waals surface area contributed by atoms with E-state index in [-0.39, 0.29) is 49.1 Å². The molecule has 0 aromatic carbocycles. The van der Waals surface area contributed by atoms with Crippen LogP contribution in [-0.2, 0) is 42.9 Å². The topological polar surface area (TPSA) is 93.2 Å². The zero-order chi connectivity index (χ0) is 27.1. The Morgan fingerprint density at radius 3 is 2.87 bits per heavy atom. The van der Waals surface area contributed by atoms with Gasteiger partial charge in [0.1, 0.15) is 0 Å². The fourth-order valence-corrected chi connectivity index (χ4v) is 6.81. The van der Waals surface area contributed by atoms with E-state index in [1.807, 2.05) is 4.90 Å². The van der Waals surface area contributed by atoms with Gasteiger partial charge in [0.25, 0.3) is 0 Å². The highest BCUT2D eigenvalue weighted by atomic mass is 19.4. The number of hydrogen-bond donors (Lipinski definition) is 1. The highest BCUT2D eigenvalue weighted by Crippen LogP contribution is 2.50. The predicted molar refractivity (Wildman–Crippen MR) is 129 cm³/mol. The van der Waals surface area contributed by atoms with Gasteiger partial charge < -0.3 is 24.4 Å². The molecule has 1 aromatic rings. The minimum absolute atomic E-state index is 0.0130. The van der Waals surface area contributed by atoms with Crippen LogP contribution in [0.4, 0.5) is 13.2 Å². The second kappa shape index (κ2) is 10.7. The first-order chi connectivity index (χ1) is 18.1. The van der Waals surface area contributed by atoms with E-state index in [0.717, 1.165) is 25.1 Å². The van der Waals surface area contributed by atoms with Crippen molar-refractivity contribution in [2.24, 2.45) is 11.3 Å². The van der Waals surface area contributed by atoms with Crippen molar-refractivity contribution in [1.29, 1.82) is 0 Å². The van der Waals surface area contributed by atoms with Gasteiger partial charge in [-0.3, -0.25) is 19.5 Å². The number of carbonyl (C=O) groups excluding carboxylic acids is 2. The van der Waals surface area contributed by atoms with Crippen LogP contribution in [0.1, 0.15) is 36.1 Å². The molecule has 3 fully saturated rings. The first-order valence-electron chi connectivity index (χ1n) is 13.1. The average molecular weight is 541 g/mol. The van der Waals surface area contributed by atoms with Gasteiger partial charge in [0.05, 0.1) is 37.3 Å². The first kappa shape index (κ1) is 27.3. The molecule has 12 heteroatoms. The van der Waals surface area contributed by atoms with E-state index in [2.05, 4.69) is 10.3 Å². The molecule has 5 rings (SSSR count).